The number of rotatable bonds is 4. The smallest absolute Gasteiger partial charge is 0.330 e. The average molecular weight is 419 g/mol. The second-order valence-electron chi connectivity index (χ2n) is 9.15. The quantitative estimate of drug-likeness (QED) is 0.709. The van der Waals surface area contributed by atoms with Crippen molar-refractivity contribution in [2.75, 3.05) is 20.1 Å². The Hall–Kier alpha value is -2.86. The van der Waals surface area contributed by atoms with Gasteiger partial charge in [-0.25, -0.2) is 4.79 Å². The molecule has 1 N–H and O–H groups in total. The molecule has 1 saturated heterocycles. The van der Waals surface area contributed by atoms with Crippen LogP contribution in [0.1, 0.15) is 43.4 Å². The molecular formula is C25H30N4O2. The Morgan fingerprint density at radius 1 is 1.06 bits per heavy atom. The van der Waals surface area contributed by atoms with Gasteiger partial charge < -0.3 is 5.32 Å². The number of piperidine rings is 1. The Balaban J connectivity index is 1.45. The maximum atomic E-state index is 13.5. The topological polar surface area (TPSA) is 59.3 Å². The van der Waals surface area contributed by atoms with Gasteiger partial charge in [0.25, 0.3) is 0 Å². The molecule has 2 heterocycles. The number of benzene rings is 2. The average Bonchev–Trinajstić information content (AvgIpc) is 3.34. The van der Waals surface area contributed by atoms with E-state index >= 15 is 0 Å². The van der Waals surface area contributed by atoms with E-state index in [9.17, 15) is 9.59 Å². The summed E-state index contributed by atoms with van der Waals surface area (Å²) in [5.41, 5.74) is 4.34. The molecule has 1 unspecified atom stereocenters. The van der Waals surface area contributed by atoms with E-state index in [1.807, 2.05) is 28.8 Å². The molecule has 0 radical (unpaired) electrons. The van der Waals surface area contributed by atoms with Crippen molar-refractivity contribution in [1.29, 1.82) is 0 Å². The Morgan fingerprint density at radius 2 is 1.74 bits per heavy atom. The first-order valence-corrected chi connectivity index (χ1v) is 11.2. The normalized spacial score (nSPS) is 20.6. The number of nitrogens with zero attached hydrogens (tertiary/aromatic N) is 3. The van der Waals surface area contributed by atoms with E-state index in [-0.39, 0.29) is 23.7 Å². The molecule has 162 valence electrons. The minimum Gasteiger partial charge on any atom is -0.358 e. The molecule has 0 bridgehead atoms. The molecular weight excluding hydrogens is 388 g/mol. The number of carbonyl (C=O) groups excluding carboxylic acids is 1. The summed E-state index contributed by atoms with van der Waals surface area (Å²) in [4.78, 5) is 28.1. The van der Waals surface area contributed by atoms with E-state index in [1.54, 1.807) is 11.6 Å². The highest BCUT2D eigenvalue weighted by molar-refractivity contribution is 5.81. The van der Waals surface area contributed by atoms with Gasteiger partial charge in [0.05, 0.1) is 11.0 Å². The second-order valence-corrected chi connectivity index (χ2v) is 9.15. The zero-order valence-electron chi connectivity index (χ0n) is 18.3. The number of hydrogen-bond acceptors (Lipinski definition) is 3. The standard InChI is InChI=1S/C25H30N4O2/c1-25(13-15-27(16-14-25)20-12-11-18-7-3-4-8-19(18)20)29-22-10-6-5-9-21(22)28(24(29)31)17-23(30)26-2/h3-10,20H,11-17H2,1-2H3,(H,26,30). The molecule has 5 rings (SSSR count). The fourth-order valence-corrected chi connectivity index (χ4v) is 5.56. The van der Waals surface area contributed by atoms with Gasteiger partial charge in [-0.05, 0) is 55.9 Å². The lowest BCUT2D eigenvalue weighted by Crippen LogP contribution is -2.48. The van der Waals surface area contributed by atoms with Crippen LogP contribution in [0.5, 0.6) is 0 Å². The monoisotopic (exact) mass is 418 g/mol. The number of likely N-dealkylation sites (tertiary alicyclic amines) is 1. The van der Waals surface area contributed by atoms with Gasteiger partial charge in [0.15, 0.2) is 0 Å². The number of nitrogens with one attached hydrogen (secondary N) is 1. The van der Waals surface area contributed by atoms with Crippen LogP contribution in [0.4, 0.5) is 0 Å². The lowest BCUT2D eigenvalue weighted by Gasteiger charge is -2.42. The Kier molecular flexibility index (Phi) is 4.97. The van der Waals surface area contributed by atoms with Crippen molar-refractivity contribution >= 4 is 16.9 Å². The van der Waals surface area contributed by atoms with Crippen molar-refractivity contribution in [3.63, 3.8) is 0 Å². The largest absolute Gasteiger partial charge is 0.358 e. The molecule has 1 aliphatic heterocycles. The SMILES string of the molecule is CNC(=O)Cn1c(=O)n(C2(C)CCN(C3CCc4ccccc43)CC2)c2ccccc21. The van der Waals surface area contributed by atoms with Crippen LogP contribution >= 0.6 is 0 Å². The van der Waals surface area contributed by atoms with Gasteiger partial charge in [-0.3, -0.25) is 18.8 Å². The van der Waals surface area contributed by atoms with Gasteiger partial charge in [-0.2, -0.15) is 0 Å². The second kappa shape index (κ2) is 7.68. The molecule has 1 amide bonds. The molecule has 2 aliphatic rings. The maximum Gasteiger partial charge on any atom is 0.330 e. The summed E-state index contributed by atoms with van der Waals surface area (Å²) in [6.45, 7) is 4.18. The van der Waals surface area contributed by atoms with Crippen molar-refractivity contribution in [2.45, 2.75) is 50.7 Å². The predicted octanol–water partition coefficient (Wildman–Crippen LogP) is 3.05. The number of amides is 1. The van der Waals surface area contributed by atoms with Crippen molar-refractivity contribution in [1.82, 2.24) is 19.4 Å². The minimum atomic E-state index is -0.265. The maximum absolute atomic E-state index is 13.5. The van der Waals surface area contributed by atoms with Gasteiger partial charge in [-0.15, -0.1) is 0 Å². The van der Waals surface area contributed by atoms with Crippen LogP contribution in [0.2, 0.25) is 0 Å². The molecule has 0 spiro atoms. The van der Waals surface area contributed by atoms with E-state index < -0.39 is 0 Å². The fourth-order valence-electron chi connectivity index (χ4n) is 5.56. The summed E-state index contributed by atoms with van der Waals surface area (Å²) in [7, 11) is 1.60. The molecule has 6 nitrogen and oxygen atoms in total. The third-order valence-electron chi connectivity index (χ3n) is 7.37. The summed E-state index contributed by atoms with van der Waals surface area (Å²) in [6.07, 6.45) is 4.17. The number of aryl methyl sites for hydroxylation is 1. The molecule has 0 saturated carbocycles. The molecule has 1 aliphatic carbocycles. The molecule has 1 atom stereocenters. The Labute approximate surface area is 182 Å². The minimum absolute atomic E-state index is 0.0455. The van der Waals surface area contributed by atoms with Crippen molar-refractivity contribution in [3.8, 4) is 0 Å². The molecule has 2 aromatic carbocycles. The van der Waals surface area contributed by atoms with Crippen LogP contribution in [0.25, 0.3) is 11.0 Å². The number of hydrogen-bond donors (Lipinski definition) is 1. The number of likely N-dealkylation sites (N-methyl/N-ethyl adjacent to an activating group) is 1. The van der Waals surface area contributed by atoms with Gasteiger partial charge in [0.1, 0.15) is 6.54 Å². The highest BCUT2D eigenvalue weighted by Gasteiger charge is 2.38. The van der Waals surface area contributed by atoms with Gasteiger partial charge >= 0.3 is 5.69 Å². The fraction of sp³-hybridized carbons (Fsp3) is 0.440. The summed E-state index contributed by atoms with van der Waals surface area (Å²) >= 11 is 0. The van der Waals surface area contributed by atoms with Crippen molar-refractivity contribution in [2.24, 2.45) is 0 Å². The van der Waals surface area contributed by atoms with Crippen LogP contribution in [0, 0.1) is 0 Å². The van der Waals surface area contributed by atoms with E-state index in [2.05, 4.69) is 41.4 Å². The lowest BCUT2D eigenvalue weighted by molar-refractivity contribution is -0.121. The first kappa shape index (κ1) is 20.1. The van der Waals surface area contributed by atoms with Crippen molar-refractivity contribution < 1.29 is 4.79 Å². The predicted molar refractivity (Wildman–Crippen MR) is 122 cm³/mol. The zero-order chi connectivity index (χ0) is 21.6. The van der Waals surface area contributed by atoms with E-state index in [0.717, 1.165) is 43.4 Å². The third-order valence-corrected chi connectivity index (χ3v) is 7.37. The molecule has 1 fully saturated rings. The van der Waals surface area contributed by atoms with Crippen molar-refractivity contribution in [3.05, 3.63) is 70.1 Å². The first-order chi connectivity index (χ1) is 15.0. The van der Waals surface area contributed by atoms with E-state index in [1.165, 1.54) is 17.5 Å². The summed E-state index contributed by atoms with van der Waals surface area (Å²) < 4.78 is 3.56. The summed E-state index contributed by atoms with van der Waals surface area (Å²) in [5, 5.41) is 2.63. The highest BCUT2D eigenvalue weighted by Crippen LogP contribution is 2.40. The molecule has 3 aromatic rings. The number of para-hydroxylation sites is 2. The van der Waals surface area contributed by atoms with Crippen LogP contribution in [-0.4, -0.2) is 40.1 Å². The first-order valence-electron chi connectivity index (χ1n) is 11.2. The van der Waals surface area contributed by atoms with Crippen LogP contribution in [0.15, 0.2) is 53.3 Å². The number of imidazole rings is 1. The summed E-state index contributed by atoms with van der Waals surface area (Å²) in [6, 6.07) is 17.1. The van der Waals surface area contributed by atoms with Crippen LogP contribution < -0.4 is 11.0 Å². The molecule has 1 aromatic heterocycles. The number of aromatic nitrogens is 2. The number of fused-ring (bicyclic) bond motifs is 2. The van der Waals surface area contributed by atoms with Gasteiger partial charge in [0.2, 0.25) is 5.91 Å². The molecule has 31 heavy (non-hydrogen) atoms. The van der Waals surface area contributed by atoms with Crippen LogP contribution in [0.3, 0.4) is 0 Å². The van der Waals surface area contributed by atoms with E-state index in [4.69, 9.17) is 0 Å². The van der Waals surface area contributed by atoms with Gasteiger partial charge in [0, 0.05) is 31.7 Å². The lowest BCUT2D eigenvalue weighted by atomic mass is 9.87. The van der Waals surface area contributed by atoms with Crippen LogP contribution in [-0.2, 0) is 23.3 Å². The molecule has 6 heteroatoms. The number of carbonyl (C=O) groups is 1. The summed E-state index contributed by atoms with van der Waals surface area (Å²) in [5.74, 6) is -0.162. The van der Waals surface area contributed by atoms with E-state index in [0.29, 0.717) is 6.04 Å². The zero-order valence-corrected chi connectivity index (χ0v) is 18.3. The Morgan fingerprint density at radius 3 is 2.48 bits per heavy atom. The third kappa shape index (κ3) is 3.30. The van der Waals surface area contributed by atoms with Gasteiger partial charge in [-0.1, -0.05) is 36.4 Å². The Bertz CT molecular complexity index is 1180. The highest BCUT2D eigenvalue weighted by atomic mass is 16.2.